The molecular weight excluding hydrogens is 366 g/mol. The molecule has 3 atom stereocenters. The summed E-state index contributed by atoms with van der Waals surface area (Å²) in [5.41, 5.74) is 2.87. The van der Waals surface area contributed by atoms with Crippen LogP contribution >= 0.6 is 0 Å². The number of hydrogen-bond acceptors (Lipinski definition) is 3. The maximum Gasteiger partial charge on any atom is 0.335 e. The van der Waals surface area contributed by atoms with Crippen LogP contribution in [-0.2, 0) is 4.74 Å². The number of aromatic carboxylic acids is 1. The zero-order valence-corrected chi connectivity index (χ0v) is 15.8. The van der Waals surface area contributed by atoms with Gasteiger partial charge in [0, 0.05) is 24.1 Å². The van der Waals surface area contributed by atoms with E-state index >= 15 is 0 Å². The van der Waals surface area contributed by atoms with Crippen LogP contribution < -0.4 is 5.32 Å². The summed E-state index contributed by atoms with van der Waals surface area (Å²) in [5.74, 6) is -0.523. The highest BCUT2D eigenvalue weighted by Gasteiger charge is 2.45. The minimum atomic E-state index is -0.938. The van der Waals surface area contributed by atoms with Crippen molar-refractivity contribution in [1.29, 1.82) is 0 Å². The second-order valence-corrected chi connectivity index (χ2v) is 7.80. The van der Waals surface area contributed by atoms with Crippen molar-refractivity contribution in [2.24, 2.45) is 5.92 Å². The Labute approximate surface area is 168 Å². The van der Waals surface area contributed by atoms with Crippen LogP contribution in [0.4, 0.5) is 0 Å². The molecule has 0 bridgehead atoms. The molecule has 0 spiro atoms. The van der Waals surface area contributed by atoms with E-state index in [1.54, 1.807) is 12.1 Å². The summed E-state index contributed by atoms with van der Waals surface area (Å²) in [6.45, 7) is 0.800. The van der Waals surface area contributed by atoms with E-state index in [1.165, 1.54) is 0 Å². The van der Waals surface area contributed by atoms with Crippen LogP contribution in [0, 0.1) is 5.92 Å². The lowest BCUT2D eigenvalue weighted by Gasteiger charge is -2.39. The van der Waals surface area contributed by atoms with Gasteiger partial charge in [-0.2, -0.15) is 0 Å². The first-order valence-electron chi connectivity index (χ1n) is 9.89. The van der Waals surface area contributed by atoms with E-state index in [9.17, 15) is 9.59 Å². The molecule has 1 aliphatic heterocycles. The quantitative estimate of drug-likeness (QED) is 0.706. The molecule has 3 aromatic carbocycles. The predicted molar refractivity (Wildman–Crippen MR) is 110 cm³/mol. The monoisotopic (exact) mass is 387 g/mol. The number of carbonyl (C=O) groups excluding carboxylic acids is 1. The van der Waals surface area contributed by atoms with E-state index in [4.69, 9.17) is 9.84 Å². The molecular formula is C24H21NO4. The zero-order chi connectivity index (χ0) is 20.0. The molecule has 29 heavy (non-hydrogen) atoms. The maximum atomic E-state index is 12.7. The number of carboxylic acids is 1. The highest BCUT2D eigenvalue weighted by Crippen LogP contribution is 2.38. The van der Waals surface area contributed by atoms with Crippen molar-refractivity contribution in [3.63, 3.8) is 0 Å². The van der Waals surface area contributed by atoms with Crippen molar-refractivity contribution in [3.8, 4) is 11.1 Å². The van der Waals surface area contributed by atoms with E-state index in [-0.39, 0.29) is 17.5 Å². The van der Waals surface area contributed by atoms with Gasteiger partial charge in [0.05, 0.1) is 11.7 Å². The molecule has 1 aliphatic carbocycles. The molecule has 1 saturated heterocycles. The highest BCUT2D eigenvalue weighted by atomic mass is 16.5. The van der Waals surface area contributed by atoms with Gasteiger partial charge in [-0.05, 0) is 59.0 Å². The molecule has 3 aromatic rings. The topological polar surface area (TPSA) is 75.6 Å². The number of rotatable bonds is 4. The fourth-order valence-electron chi connectivity index (χ4n) is 4.48. The van der Waals surface area contributed by atoms with Gasteiger partial charge in [-0.15, -0.1) is 0 Å². The first-order valence-corrected chi connectivity index (χ1v) is 9.89. The van der Waals surface area contributed by atoms with E-state index in [2.05, 4.69) is 5.32 Å². The summed E-state index contributed by atoms with van der Waals surface area (Å²) in [5, 5.41) is 14.3. The van der Waals surface area contributed by atoms with Gasteiger partial charge in [0.25, 0.3) is 5.91 Å². The van der Waals surface area contributed by atoms with E-state index in [0.29, 0.717) is 17.6 Å². The van der Waals surface area contributed by atoms with Crippen molar-refractivity contribution in [2.45, 2.75) is 25.0 Å². The number of ether oxygens (including phenoxy) is 1. The van der Waals surface area contributed by atoms with Crippen molar-refractivity contribution < 1.29 is 19.4 Å². The van der Waals surface area contributed by atoms with Crippen LogP contribution in [0.2, 0.25) is 0 Å². The molecule has 1 heterocycles. The SMILES string of the molecule is O=C(O)c1ccc(-c2cccc3cc(C(=O)N[C@@H]4C[C@H]5OCC[C@@H]45)ccc23)cc1. The predicted octanol–water partition coefficient (Wildman–Crippen LogP) is 4.11. The molecule has 1 amide bonds. The Bertz CT molecular complexity index is 1110. The average Bonchev–Trinajstić information content (AvgIpc) is 3.11. The number of hydrogen-bond donors (Lipinski definition) is 2. The first-order chi connectivity index (χ1) is 14.1. The summed E-state index contributed by atoms with van der Waals surface area (Å²) in [6.07, 6.45) is 2.25. The standard InChI is InChI=1S/C24H21NO4/c26-23(25-21-13-22-20(21)10-11-29-22)17-8-9-19-16(12-17)2-1-3-18(19)14-4-6-15(7-5-14)24(27)28/h1-9,12,20-22H,10-11,13H2,(H,25,26)(H,27,28)/t20-,21+,22+/m0/s1. The maximum absolute atomic E-state index is 12.7. The molecule has 0 unspecified atom stereocenters. The third kappa shape index (κ3) is 3.17. The fraction of sp³-hybridized carbons (Fsp3) is 0.250. The van der Waals surface area contributed by atoms with Gasteiger partial charge in [0.15, 0.2) is 0 Å². The van der Waals surface area contributed by atoms with Gasteiger partial charge >= 0.3 is 5.97 Å². The summed E-state index contributed by atoms with van der Waals surface area (Å²) in [6, 6.07) is 18.8. The lowest BCUT2D eigenvalue weighted by molar-refractivity contribution is 0.00809. The van der Waals surface area contributed by atoms with Crippen LogP contribution in [0.15, 0.2) is 60.7 Å². The summed E-state index contributed by atoms with van der Waals surface area (Å²) >= 11 is 0. The largest absolute Gasteiger partial charge is 0.478 e. The Morgan fingerprint density at radius 1 is 1.00 bits per heavy atom. The lowest BCUT2D eigenvalue weighted by atomic mass is 9.76. The molecule has 146 valence electrons. The Morgan fingerprint density at radius 3 is 2.55 bits per heavy atom. The van der Waals surface area contributed by atoms with Gasteiger partial charge < -0.3 is 15.2 Å². The Hall–Kier alpha value is -3.18. The molecule has 2 fully saturated rings. The van der Waals surface area contributed by atoms with E-state index < -0.39 is 5.97 Å². The molecule has 2 N–H and O–H groups in total. The molecule has 2 aliphatic rings. The Balaban J connectivity index is 1.41. The van der Waals surface area contributed by atoms with Crippen molar-refractivity contribution in [3.05, 3.63) is 71.8 Å². The number of benzene rings is 3. The number of amides is 1. The Kier molecular flexibility index (Phi) is 4.32. The minimum absolute atomic E-state index is 0.0431. The van der Waals surface area contributed by atoms with Crippen LogP contribution in [0.1, 0.15) is 33.6 Å². The Morgan fingerprint density at radius 2 is 1.79 bits per heavy atom. The molecule has 0 aromatic heterocycles. The zero-order valence-electron chi connectivity index (χ0n) is 15.8. The van der Waals surface area contributed by atoms with Crippen LogP contribution in [0.25, 0.3) is 21.9 Å². The second-order valence-electron chi connectivity index (χ2n) is 7.80. The van der Waals surface area contributed by atoms with Crippen LogP contribution in [0.3, 0.4) is 0 Å². The van der Waals surface area contributed by atoms with Crippen molar-refractivity contribution in [2.75, 3.05) is 6.61 Å². The minimum Gasteiger partial charge on any atom is -0.478 e. The van der Waals surface area contributed by atoms with Crippen LogP contribution in [0.5, 0.6) is 0 Å². The number of carboxylic acid groups (broad SMARTS) is 1. The van der Waals surface area contributed by atoms with Gasteiger partial charge in [-0.1, -0.05) is 36.4 Å². The third-order valence-corrected chi connectivity index (χ3v) is 6.17. The first kappa shape index (κ1) is 17.9. The summed E-state index contributed by atoms with van der Waals surface area (Å²) in [4.78, 5) is 23.8. The smallest absolute Gasteiger partial charge is 0.335 e. The van der Waals surface area contributed by atoms with E-state index in [1.807, 2.05) is 48.5 Å². The number of carbonyl (C=O) groups is 2. The van der Waals surface area contributed by atoms with Crippen LogP contribution in [-0.4, -0.2) is 35.7 Å². The van der Waals surface area contributed by atoms with Gasteiger partial charge in [0.1, 0.15) is 0 Å². The van der Waals surface area contributed by atoms with Gasteiger partial charge in [0.2, 0.25) is 0 Å². The molecule has 5 rings (SSSR count). The molecule has 5 nitrogen and oxygen atoms in total. The molecule has 5 heteroatoms. The summed E-state index contributed by atoms with van der Waals surface area (Å²) < 4.78 is 5.62. The number of nitrogens with one attached hydrogen (secondary N) is 1. The number of fused-ring (bicyclic) bond motifs is 2. The normalized spacial score (nSPS) is 22.7. The summed E-state index contributed by atoms with van der Waals surface area (Å²) in [7, 11) is 0. The van der Waals surface area contributed by atoms with Crippen molar-refractivity contribution in [1.82, 2.24) is 5.32 Å². The highest BCUT2D eigenvalue weighted by molar-refractivity contribution is 6.03. The van der Waals surface area contributed by atoms with E-state index in [0.717, 1.165) is 41.3 Å². The van der Waals surface area contributed by atoms with Crippen molar-refractivity contribution >= 4 is 22.6 Å². The lowest BCUT2D eigenvalue weighted by Crippen LogP contribution is -2.53. The van der Waals surface area contributed by atoms with Gasteiger partial charge in [-0.3, -0.25) is 4.79 Å². The second kappa shape index (κ2) is 7.01. The molecule has 1 saturated carbocycles. The van der Waals surface area contributed by atoms with Gasteiger partial charge in [-0.25, -0.2) is 4.79 Å². The fourth-order valence-corrected chi connectivity index (χ4v) is 4.48. The third-order valence-electron chi connectivity index (χ3n) is 6.17. The molecule has 0 radical (unpaired) electrons. The average molecular weight is 387 g/mol.